The number of nitrogens with one attached hydrogen (secondary N) is 1. The van der Waals surface area contributed by atoms with Crippen molar-refractivity contribution in [3.63, 3.8) is 0 Å². The Kier molecular flexibility index (Phi) is 7.39. The normalized spacial score (nSPS) is 15.9. The topological polar surface area (TPSA) is 115 Å². The van der Waals surface area contributed by atoms with Crippen molar-refractivity contribution in [3.8, 4) is 0 Å². The number of amides is 3. The number of halogens is 1. The van der Waals surface area contributed by atoms with Gasteiger partial charge in [0.15, 0.2) is 0 Å². The average Bonchev–Trinajstić information content (AvgIpc) is 3.38. The van der Waals surface area contributed by atoms with Crippen molar-refractivity contribution in [2.45, 2.75) is 39.8 Å². The molecule has 1 aliphatic rings. The maximum Gasteiger partial charge on any atom is 0.409 e. The minimum absolute atomic E-state index is 0.103. The number of aryl methyl sites for hydroxylation is 1. The first-order valence-corrected chi connectivity index (χ1v) is 10.9. The third kappa shape index (κ3) is 5.21. The number of carbonyl (C=O) groups is 3. The first kappa shape index (κ1) is 23.6. The Labute approximate surface area is 191 Å². The van der Waals surface area contributed by atoms with Crippen LogP contribution in [0, 0.1) is 6.92 Å². The Hall–Kier alpha value is -3.08. The fraction of sp³-hybridized carbons (Fsp3) is 0.550. The monoisotopic (exact) mass is 465 g/mol. The lowest BCUT2D eigenvalue weighted by Crippen LogP contribution is -2.52. The summed E-state index contributed by atoms with van der Waals surface area (Å²) in [6.45, 7) is 9.00. The van der Waals surface area contributed by atoms with Crippen molar-refractivity contribution in [2.24, 2.45) is 0 Å². The van der Waals surface area contributed by atoms with Gasteiger partial charge in [-0.3, -0.25) is 19.0 Å². The minimum Gasteiger partial charge on any atom is -0.450 e. The highest BCUT2D eigenvalue weighted by Gasteiger charge is 2.29. The van der Waals surface area contributed by atoms with Gasteiger partial charge in [0.25, 0.3) is 0 Å². The third-order valence-corrected chi connectivity index (χ3v) is 5.59. The number of piperazine rings is 1. The van der Waals surface area contributed by atoms with E-state index in [2.05, 4.69) is 15.5 Å². The second kappa shape index (κ2) is 10.0. The third-order valence-electron chi connectivity index (χ3n) is 5.39. The molecule has 1 fully saturated rings. The molecule has 0 aromatic carbocycles. The number of hydrogen-bond donors (Lipinski definition) is 1. The van der Waals surface area contributed by atoms with E-state index in [0.29, 0.717) is 49.2 Å². The maximum absolute atomic E-state index is 13.0. The van der Waals surface area contributed by atoms with Crippen molar-refractivity contribution in [3.05, 3.63) is 29.3 Å². The number of hydrogen-bond acceptors (Lipinski definition) is 6. The molecule has 3 heterocycles. The van der Waals surface area contributed by atoms with Gasteiger partial charge in [-0.05, 0) is 27.7 Å². The van der Waals surface area contributed by atoms with Gasteiger partial charge in [0.1, 0.15) is 12.1 Å². The summed E-state index contributed by atoms with van der Waals surface area (Å²) in [7, 11) is 0. The van der Waals surface area contributed by atoms with Crippen molar-refractivity contribution >= 4 is 35.2 Å². The molecule has 2 aromatic rings. The van der Waals surface area contributed by atoms with Crippen LogP contribution in [-0.4, -0.2) is 80.1 Å². The number of ether oxygens (including phenoxy) is 1. The van der Waals surface area contributed by atoms with Gasteiger partial charge in [-0.15, -0.1) is 0 Å². The maximum atomic E-state index is 13.0. The van der Waals surface area contributed by atoms with Crippen LogP contribution in [0.4, 0.5) is 10.5 Å². The molecule has 12 heteroatoms. The number of carbonyl (C=O) groups excluding carboxylic acids is 3. The van der Waals surface area contributed by atoms with E-state index in [9.17, 15) is 14.4 Å². The van der Waals surface area contributed by atoms with E-state index in [1.807, 2.05) is 0 Å². The Morgan fingerprint density at radius 1 is 1.09 bits per heavy atom. The number of anilines is 1. The van der Waals surface area contributed by atoms with E-state index in [-0.39, 0.29) is 17.9 Å². The summed E-state index contributed by atoms with van der Waals surface area (Å²) in [5, 5.41) is 11.7. The van der Waals surface area contributed by atoms with Gasteiger partial charge in [-0.2, -0.15) is 10.2 Å². The van der Waals surface area contributed by atoms with Crippen LogP contribution in [0.2, 0.25) is 5.02 Å². The highest BCUT2D eigenvalue weighted by molar-refractivity contribution is 6.30. The molecule has 0 spiro atoms. The second-order valence-corrected chi connectivity index (χ2v) is 8.04. The molecule has 0 aliphatic carbocycles. The molecule has 3 rings (SSSR count). The van der Waals surface area contributed by atoms with Crippen LogP contribution in [0.5, 0.6) is 0 Å². The summed E-state index contributed by atoms with van der Waals surface area (Å²) in [6.07, 6.45) is 4.33. The van der Waals surface area contributed by atoms with Crippen LogP contribution in [0.3, 0.4) is 0 Å². The van der Waals surface area contributed by atoms with Crippen LogP contribution in [0.1, 0.15) is 38.5 Å². The number of nitrogens with zero attached hydrogens (tertiary/aromatic N) is 6. The molecule has 11 nitrogen and oxygen atoms in total. The van der Waals surface area contributed by atoms with Crippen molar-refractivity contribution < 1.29 is 19.1 Å². The molecule has 1 aliphatic heterocycles. The Bertz CT molecular complexity index is 981. The van der Waals surface area contributed by atoms with Gasteiger partial charge >= 0.3 is 6.09 Å². The second-order valence-electron chi connectivity index (χ2n) is 7.60. The standard InChI is InChI=1S/C20H28ClN7O4/c1-5-32-20(31)26-8-6-25(7-9-26)19(30)15(4)28-12-17(13(2)24-28)23-18(29)14(3)27-11-16(21)10-22-27/h10-12,14-15H,5-9H2,1-4H3,(H,23,29). The fourth-order valence-electron chi connectivity index (χ4n) is 3.39. The lowest BCUT2D eigenvalue weighted by atomic mass is 10.2. The molecular weight excluding hydrogens is 438 g/mol. The van der Waals surface area contributed by atoms with Gasteiger partial charge in [-0.25, -0.2) is 4.79 Å². The lowest BCUT2D eigenvalue weighted by molar-refractivity contribution is -0.136. The highest BCUT2D eigenvalue weighted by atomic mass is 35.5. The summed E-state index contributed by atoms with van der Waals surface area (Å²) in [4.78, 5) is 40.7. The zero-order chi connectivity index (χ0) is 23.4. The summed E-state index contributed by atoms with van der Waals surface area (Å²) in [5.74, 6) is -0.380. The van der Waals surface area contributed by atoms with Gasteiger partial charge < -0.3 is 19.9 Å². The van der Waals surface area contributed by atoms with Crippen LogP contribution < -0.4 is 5.32 Å². The van der Waals surface area contributed by atoms with Crippen molar-refractivity contribution in [1.29, 1.82) is 0 Å². The fourth-order valence-corrected chi connectivity index (χ4v) is 3.53. The molecule has 0 bridgehead atoms. The molecule has 3 amide bonds. The summed E-state index contributed by atoms with van der Waals surface area (Å²) in [5.41, 5.74) is 1.11. The van der Waals surface area contributed by atoms with Gasteiger partial charge in [0.05, 0.1) is 29.2 Å². The molecule has 1 saturated heterocycles. The van der Waals surface area contributed by atoms with E-state index >= 15 is 0 Å². The van der Waals surface area contributed by atoms with E-state index in [1.165, 1.54) is 10.9 Å². The molecule has 0 radical (unpaired) electrons. The van der Waals surface area contributed by atoms with Crippen LogP contribution >= 0.6 is 11.6 Å². The molecule has 1 N–H and O–H groups in total. The first-order chi connectivity index (χ1) is 15.2. The lowest BCUT2D eigenvalue weighted by Gasteiger charge is -2.35. The van der Waals surface area contributed by atoms with E-state index in [4.69, 9.17) is 16.3 Å². The summed E-state index contributed by atoms with van der Waals surface area (Å²) in [6, 6.07) is -1.13. The van der Waals surface area contributed by atoms with E-state index in [1.54, 1.807) is 54.6 Å². The highest BCUT2D eigenvalue weighted by Crippen LogP contribution is 2.20. The van der Waals surface area contributed by atoms with Gasteiger partial charge in [-0.1, -0.05) is 11.6 Å². The molecule has 0 saturated carbocycles. The largest absolute Gasteiger partial charge is 0.450 e. The molecular formula is C20H28ClN7O4. The quantitative estimate of drug-likeness (QED) is 0.698. The van der Waals surface area contributed by atoms with Crippen LogP contribution in [-0.2, 0) is 14.3 Å². The SMILES string of the molecule is CCOC(=O)N1CCN(C(=O)C(C)n2cc(NC(=O)C(C)n3cc(Cl)cn3)c(C)n2)CC1. The van der Waals surface area contributed by atoms with Gasteiger partial charge in [0.2, 0.25) is 11.8 Å². The van der Waals surface area contributed by atoms with Crippen LogP contribution in [0.15, 0.2) is 18.6 Å². The van der Waals surface area contributed by atoms with E-state index < -0.39 is 12.1 Å². The Balaban J connectivity index is 1.60. The average molecular weight is 466 g/mol. The smallest absolute Gasteiger partial charge is 0.409 e. The molecule has 174 valence electrons. The van der Waals surface area contributed by atoms with Crippen molar-refractivity contribution in [2.75, 3.05) is 38.1 Å². The minimum atomic E-state index is -0.569. The Morgan fingerprint density at radius 3 is 2.34 bits per heavy atom. The predicted octanol–water partition coefficient (Wildman–Crippen LogP) is 2.10. The van der Waals surface area contributed by atoms with Crippen LogP contribution in [0.25, 0.3) is 0 Å². The molecule has 2 atom stereocenters. The van der Waals surface area contributed by atoms with Crippen molar-refractivity contribution in [1.82, 2.24) is 29.4 Å². The molecule has 32 heavy (non-hydrogen) atoms. The predicted molar refractivity (Wildman–Crippen MR) is 117 cm³/mol. The number of rotatable bonds is 6. The zero-order valence-electron chi connectivity index (χ0n) is 18.6. The molecule has 2 aromatic heterocycles. The van der Waals surface area contributed by atoms with E-state index in [0.717, 1.165) is 0 Å². The molecule has 2 unspecified atom stereocenters. The Morgan fingerprint density at radius 2 is 1.75 bits per heavy atom. The summed E-state index contributed by atoms with van der Waals surface area (Å²) >= 11 is 5.87. The summed E-state index contributed by atoms with van der Waals surface area (Å²) < 4.78 is 8.02. The van der Waals surface area contributed by atoms with Gasteiger partial charge in [0, 0.05) is 38.6 Å². The first-order valence-electron chi connectivity index (χ1n) is 10.5. The zero-order valence-corrected chi connectivity index (χ0v) is 19.4. The number of aromatic nitrogens is 4.